The van der Waals surface area contributed by atoms with Gasteiger partial charge >= 0.3 is 12.2 Å². The number of amides is 2. The lowest BCUT2D eigenvalue weighted by Gasteiger charge is -2.16. The summed E-state index contributed by atoms with van der Waals surface area (Å²) in [4.78, 5) is 11.4. The second-order valence-electron chi connectivity index (χ2n) is 4.82. The van der Waals surface area contributed by atoms with Gasteiger partial charge in [0.1, 0.15) is 6.54 Å². The lowest BCUT2D eigenvalue weighted by molar-refractivity contribution is -0.143. The average Bonchev–Trinajstić information content (AvgIpc) is 2.59. The smallest absolute Gasteiger partial charge is 0.332 e. The van der Waals surface area contributed by atoms with E-state index in [9.17, 15) is 26.7 Å². The Morgan fingerprint density at radius 1 is 1.32 bits per heavy atom. The Labute approximate surface area is 123 Å². The van der Waals surface area contributed by atoms with Crippen molar-refractivity contribution >= 4 is 6.03 Å². The molecule has 22 heavy (non-hydrogen) atoms. The quantitative estimate of drug-likeness (QED) is 0.817. The van der Waals surface area contributed by atoms with Crippen LogP contribution < -0.4 is 10.6 Å². The van der Waals surface area contributed by atoms with E-state index in [1.54, 1.807) is 0 Å². The summed E-state index contributed by atoms with van der Waals surface area (Å²) in [5, 5.41) is 8.15. The van der Waals surface area contributed by atoms with Crippen molar-refractivity contribution in [1.29, 1.82) is 0 Å². The van der Waals surface area contributed by atoms with Crippen LogP contribution in [0.2, 0.25) is 0 Å². The number of hydrogen-bond donors (Lipinski definition) is 2. The Morgan fingerprint density at radius 3 is 2.41 bits per heavy atom. The third-order valence-corrected chi connectivity index (χ3v) is 2.96. The number of alkyl halides is 5. The number of urea groups is 1. The van der Waals surface area contributed by atoms with E-state index in [-0.39, 0.29) is 5.69 Å². The highest BCUT2D eigenvalue weighted by atomic mass is 19.4. The van der Waals surface area contributed by atoms with Crippen LogP contribution in [0.15, 0.2) is 0 Å². The van der Waals surface area contributed by atoms with Crippen LogP contribution in [-0.2, 0) is 6.54 Å². The molecule has 1 atom stereocenters. The number of halogens is 5. The molecule has 1 aromatic heterocycles. The number of aromatic nitrogens is 2. The molecule has 0 bridgehead atoms. The summed E-state index contributed by atoms with van der Waals surface area (Å²) in [5.41, 5.74) is 1.02. The van der Waals surface area contributed by atoms with Gasteiger partial charge in [-0.15, -0.1) is 0 Å². The van der Waals surface area contributed by atoms with Crippen LogP contribution in [0.4, 0.5) is 26.7 Å². The molecule has 0 spiro atoms. The van der Waals surface area contributed by atoms with Crippen molar-refractivity contribution in [3.63, 3.8) is 0 Å². The Kier molecular flexibility index (Phi) is 5.72. The fraction of sp³-hybridized carbons (Fsp3) is 0.667. The lowest BCUT2D eigenvalue weighted by Crippen LogP contribution is -2.39. The molecule has 0 aliphatic carbocycles. The maximum atomic E-state index is 12.4. The zero-order valence-electron chi connectivity index (χ0n) is 12.3. The molecule has 1 aromatic rings. The van der Waals surface area contributed by atoms with Crippen LogP contribution in [0.5, 0.6) is 0 Å². The zero-order valence-corrected chi connectivity index (χ0v) is 12.3. The summed E-state index contributed by atoms with van der Waals surface area (Å²) in [6, 6.07) is -1.49. The Bertz CT molecular complexity index is 526. The van der Waals surface area contributed by atoms with Crippen molar-refractivity contribution in [2.75, 3.05) is 6.54 Å². The second-order valence-corrected chi connectivity index (χ2v) is 4.82. The van der Waals surface area contributed by atoms with Crippen LogP contribution in [0.1, 0.15) is 29.9 Å². The highest BCUT2D eigenvalue weighted by molar-refractivity contribution is 5.74. The maximum absolute atomic E-state index is 12.4. The summed E-state index contributed by atoms with van der Waals surface area (Å²) in [6.45, 7) is 2.48. The van der Waals surface area contributed by atoms with Gasteiger partial charge in [0.2, 0.25) is 0 Å². The van der Waals surface area contributed by atoms with Crippen molar-refractivity contribution in [2.24, 2.45) is 0 Å². The molecule has 2 amide bonds. The van der Waals surface area contributed by atoms with E-state index in [2.05, 4.69) is 10.4 Å². The number of aryl methyl sites for hydroxylation is 1. The summed E-state index contributed by atoms with van der Waals surface area (Å²) in [7, 11) is 0. The van der Waals surface area contributed by atoms with E-state index in [0.29, 0.717) is 11.3 Å². The number of nitrogens with zero attached hydrogens (tertiary/aromatic N) is 2. The molecule has 126 valence electrons. The fourth-order valence-corrected chi connectivity index (χ4v) is 2.15. The molecule has 1 rings (SSSR count). The number of carbonyl (C=O) groups excluding carboxylic acids is 1. The highest BCUT2D eigenvalue weighted by Crippen LogP contribution is 2.24. The first-order valence-electron chi connectivity index (χ1n) is 6.44. The van der Waals surface area contributed by atoms with E-state index in [1.807, 2.05) is 5.32 Å². The largest absolute Gasteiger partial charge is 0.408 e. The second kappa shape index (κ2) is 6.93. The van der Waals surface area contributed by atoms with Crippen LogP contribution >= 0.6 is 0 Å². The summed E-state index contributed by atoms with van der Waals surface area (Å²) in [5.74, 6) is 0. The van der Waals surface area contributed by atoms with E-state index >= 15 is 0 Å². The number of hydrogen-bond acceptors (Lipinski definition) is 2. The van der Waals surface area contributed by atoms with Gasteiger partial charge in [-0.05, 0) is 20.8 Å². The Balaban J connectivity index is 2.81. The van der Waals surface area contributed by atoms with Gasteiger partial charge in [0.15, 0.2) is 0 Å². The summed E-state index contributed by atoms with van der Waals surface area (Å²) in [6.07, 6.45) is -7.09. The van der Waals surface area contributed by atoms with E-state index < -0.39 is 37.8 Å². The molecule has 0 aliphatic heterocycles. The maximum Gasteiger partial charge on any atom is 0.408 e. The van der Waals surface area contributed by atoms with Crippen molar-refractivity contribution in [1.82, 2.24) is 20.4 Å². The lowest BCUT2D eigenvalue weighted by atomic mass is 10.1. The van der Waals surface area contributed by atoms with E-state index in [4.69, 9.17) is 0 Å². The molecule has 0 radical (unpaired) electrons. The molecule has 0 saturated carbocycles. The molecule has 2 N–H and O–H groups in total. The van der Waals surface area contributed by atoms with E-state index in [1.165, 1.54) is 20.8 Å². The third-order valence-electron chi connectivity index (χ3n) is 2.96. The van der Waals surface area contributed by atoms with Gasteiger partial charge in [-0.1, -0.05) is 0 Å². The number of rotatable bonds is 5. The van der Waals surface area contributed by atoms with Gasteiger partial charge in [-0.2, -0.15) is 18.3 Å². The van der Waals surface area contributed by atoms with Crippen molar-refractivity contribution in [2.45, 2.75) is 46.0 Å². The van der Waals surface area contributed by atoms with Crippen molar-refractivity contribution in [3.8, 4) is 0 Å². The predicted octanol–water partition coefficient (Wildman–Crippen LogP) is 2.69. The molecule has 5 nitrogen and oxygen atoms in total. The predicted molar refractivity (Wildman–Crippen MR) is 68.7 cm³/mol. The van der Waals surface area contributed by atoms with Crippen LogP contribution in [0.3, 0.4) is 0 Å². The van der Waals surface area contributed by atoms with Gasteiger partial charge in [0.05, 0.1) is 18.3 Å². The third kappa shape index (κ3) is 5.15. The number of nitrogens with one attached hydrogen (secondary N) is 2. The Hall–Kier alpha value is -1.87. The minimum atomic E-state index is -4.41. The minimum absolute atomic E-state index is 0.261. The van der Waals surface area contributed by atoms with Gasteiger partial charge < -0.3 is 10.6 Å². The van der Waals surface area contributed by atoms with Crippen LogP contribution in [0, 0.1) is 13.8 Å². The van der Waals surface area contributed by atoms with Crippen LogP contribution in [0.25, 0.3) is 0 Å². The summed E-state index contributed by atoms with van der Waals surface area (Å²) < 4.78 is 62.1. The molecular weight excluding hydrogens is 311 g/mol. The molecule has 0 aliphatic rings. The van der Waals surface area contributed by atoms with Crippen molar-refractivity contribution in [3.05, 3.63) is 17.0 Å². The standard InChI is InChI=1S/C12H17F5N4O/c1-6(19-11(22)18-4-9(13)14)10-7(2)20-21(8(10)3)5-12(15,16)17/h6,9H,4-5H2,1-3H3,(H2,18,19,22)/t6-/m0/s1. The van der Waals surface area contributed by atoms with Crippen LogP contribution in [-0.4, -0.2) is 35.0 Å². The average molecular weight is 328 g/mol. The van der Waals surface area contributed by atoms with Gasteiger partial charge in [0.25, 0.3) is 6.43 Å². The van der Waals surface area contributed by atoms with Gasteiger partial charge in [-0.25, -0.2) is 13.6 Å². The first kappa shape index (κ1) is 18.2. The SMILES string of the molecule is Cc1nn(CC(F)(F)F)c(C)c1[C@H](C)NC(=O)NCC(F)F. The molecule has 1 heterocycles. The van der Waals surface area contributed by atoms with Crippen molar-refractivity contribution < 1.29 is 26.7 Å². The van der Waals surface area contributed by atoms with E-state index in [0.717, 1.165) is 4.68 Å². The highest BCUT2D eigenvalue weighted by Gasteiger charge is 2.30. The molecule has 0 aromatic carbocycles. The Morgan fingerprint density at radius 2 is 1.91 bits per heavy atom. The molecule has 0 saturated heterocycles. The molecule has 0 unspecified atom stereocenters. The topological polar surface area (TPSA) is 59.0 Å². The fourth-order valence-electron chi connectivity index (χ4n) is 2.15. The zero-order chi connectivity index (χ0) is 17.1. The summed E-state index contributed by atoms with van der Waals surface area (Å²) >= 11 is 0. The molecule has 10 heteroatoms. The minimum Gasteiger partial charge on any atom is -0.332 e. The molecular formula is C12H17F5N4O. The first-order valence-corrected chi connectivity index (χ1v) is 6.44. The normalized spacial score (nSPS) is 13.3. The van der Waals surface area contributed by atoms with Gasteiger partial charge in [0, 0.05) is 11.3 Å². The van der Waals surface area contributed by atoms with Gasteiger partial charge in [-0.3, -0.25) is 4.68 Å². The number of carbonyl (C=O) groups is 1. The first-order chi connectivity index (χ1) is 10.0. The molecule has 0 fully saturated rings. The monoisotopic (exact) mass is 328 g/mol.